The van der Waals surface area contributed by atoms with E-state index in [0.29, 0.717) is 0 Å². The molecule has 1 atom stereocenters. The van der Waals surface area contributed by atoms with Crippen molar-refractivity contribution in [1.29, 1.82) is 0 Å². The van der Waals surface area contributed by atoms with E-state index in [-0.39, 0.29) is 23.5 Å². The van der Waals surface area contributed by atoms with Gasteiger partial charge in [-0.1, -0.05) is 12.7 Å². The minimum absolute atomic E-state index is 0.0560. The van der Waals surface area contributed by atoms with E-state index in [1.54, 1.807) is 0 Å². The SMILES string of the molecule is C=CCN1C(=O)C(O)(C(=C)C(=O)OC)c2cc([N+](=O)[O-])ccc21. The van der Waals surface area contributed by atoms with Crippen LogP contribution in [0, 0.1) is 10.1 Å². The van der Waals surface area contributed by atoms with Crippen LogP contribution >= 0.6 is 0 Å². The Hall–Kier alpha value is -3.00. The highest BCUT2D eigenvalue weighted by atomic mass is 16.6. The largest absolute Gasteiger partial charge is 0.466 e. The molecule has 1 heterocycles. The van der Waals surface area contributed by atoms with Crippen molar-refractivity contribution in [2.45, 2.75) is 5.60 Å². The van der Waals surface area contributed by atoms with Crippen molar-refractivity contribution in [3.8, 4) is 0 Å². The summed E-state index contributed by atoms with van der Waals surface area (Å²) in [4.78, 5) is 35.8. The highest BCUT2D eigenvalue weighted by molar-refractivity contribution is 6.14. The molecule has 2 rings (SSSR count). The van der Waals surface area contributed by atoms with Crippen LogP contribution in [0.3, 0.4) is 0 Å². The Labute approximate surface area is 131 Å². The number of amides is 1. The van der Waals surface area contributed by atoms with E-state index in [4.69, 9.17) is 0 Å². The molecule has 1 aromatic rings. The Morgan fingerprint density at radius 1 is 1.57 bits per heavy atom. The second-order valence-electron chi connectivity index (χ2n) is 4.84. The number of hydrogen-bond donors (Lipinski definition) is 1. The maximum Gasteiger partial charge on any atom is 0.336 e. The smallest absolute Gasteiger partial charge is 0.336 e. The molecule has 0 bridgehead atoms. The molecule has 0 spiro atoms. The van der Waals surface area contributed by atoms with Gasteiger partial charge >= 0.3 is 5.97 Å². The van der Waals surface area contributed by atoms with Gasteiger partial charge in [0.1, 0.15) is 0 Å². The number of anilines is 1. The predicted molar refractivity (Wildman–Crippen MR) is 80.7 cm³/mol. The molecule has 0 fully saturated rings. The molecule has 0 aliphatic carbocycles. The molecule has 0 radical (unpaired) electrons. The van der Waals surface area contributed by atoms with E-state index in [0.717, 1.165) is 13.2 Å². The summed E-state index contributed by atoms with van der Waals surface area (Å²) in [5.41, 5.74) is -3.11. The molecular weight excluding hydrogens is 304 g/mol. The average molecular weight is 318 g/mol. The highest BCUT2D eigenvalue weighted by Crippen LogP contribution is 2.45. The molecular formula is C15H14N2O6. The number of nitro benzene ring substituents is 1. The van der Waals surface area contributed by atoms with E-state index in [1.165, 1.54) is 23.1 Å². The second kappa shape index (κ2) is 5.65. The molecule has 0 saturated heterocycles. The van der Waals surface area contributed by atoms with Crippen molar-refractivity contribution in [3.05, 3.63) is 58.7 Å². The van der Waals surface area contributed by atoms with Gasteiger partial charge in [-0.05, 0) is 6.07 Å². The number of aliphatic hydroxyl groups is 1. The van der Waals surface area contributed by atoms with E-state index in [9.17, 15) is 24.8 Å². The summed E-state index contributed by atoms with van der Waals surface area (Å²) in [6.07, 6.45) is 1.43. The Kier molecular flexibility index (Phi) is 4.02. The third-order valence-electron chi connectivity index (χ3n) is 3.61. The number of rotatable bonds is 5. The fourth-order valence-corrected chi connectivity index (χ4v) is 2.46. The molecule has 0 saturated carbocycles. The lowest BCUT2D eigenvalue weighted by atomic mass is 9.88. The quantitative estimate of drug-likeness (QED) is 0.286. The molecule has 1 aliphatic rings. The number of esters is 1. The number of carbonyl (C=O) groups is 2. The standard InChI is InChI=1S/C15H14N2O6/c1-4-7-16-12-6-5-10(17(21)22)8-11(12)15(20,14(16)19)9(2)13(18)23-3/h4-6,8,20H,1-2,7H2,3H3. The third-order valence-corrected chi connectivity index (χ3v) is 3.61. The molecule has 23 heavy (non-hydrogen) atoms. The van der Waals surface area contributed by atoms with Crippen molar-refractivity contribution >= 4 is 23.3 Å². The normalized spacial score (nSPS) is 19.2. The molecule has 1 aromatic carbocycles. The molecule has 1 N–H and O–H groups in total. The minimum atomic E-state index is -2.42. The number of non-ortho nitro benzene ring substituents is 1. The van der Waals surface area contributed by atoms with Gasteiger partial charge in [-0.3, -0.25) is 14.9 Å². The van der Waals surface area contributed by atoms with Crippen molar-refractivity contribution in [2.24, 2.45) is 0 Å². The maximum absolute atomic E-state index is 12.6. The molecule has 1 unspecified atom stereocenters. The van der Waals surface area contributed by atoms with Gasteiger partial charge in [0, 0.05) is 24.2 Å². The number of fused-ring (bicyclic) bond motifs is 1. The fourth-order valence-electron chi connectivity index (χ4n) is 2.46. The number of methoxy groups -OCH3 is 1. The van der Waals surface area contributed by atoms with Crippen LogP contribution in [0.2, 0.25) is 0 Å². The van der Waals surface area contributed by atoms with E-state index < -0.39 is 28.0 Å². The Morgan fingerprint density at radius 2 is 2.22 bits per heavy atom. The van der Waals surface area contributed by atoms with E-state index >= 15 is 0 Å². The lowest BCUT2D eigenvalue weighted by Crippen LogP contribution is -2.43. The first-order valence-electron chi connectivity index (χ1n) is 6.50. The minimum Gasteiger partial charge on any atom is -0.466 e. The van der Waals surface area contributed by atoms with Crippen molar-refractivity contribution in [1.82, 2.24) is 0 Å². The first kappa shape index (κ1) is 16.4. The number of benzene rings is 1. The average Bonchev–Trinajstić information content (AvgIpc) is 2.76. The number of nitrogens with zero attached hydrogens (tertiary/aromatic N) is 2. The molecule has 1 aliphatic heterocycles. The van der Waals surface area contributed by atoms with Crippen LogP contribution in [0.5, 0.6) is 0 Å². The van der Waals surface area contributed by atoms with Gasteiger partial charge in [-0.25, -0.2) is 4.79 Å². The lowest BCUT2D eigenvalue weighted by Gasteiger charge is -2.23. The van der Waals surface area contributed by atoms with Crippen molar-refractivity contribution in [3.63, 3.8) is 0 Å². The molecule has 8 nitrogen and oxygen atoms in total. The van der Waals surface area contributed by atoms with E-state index in [1.807, 2.05) is 0 Å². The van der Waals surface area contributed by atoms with Crippen molar-refractivity contribution < 1.29 is 24.4 Å². The summed E-state index contributed by atoms with van der Waals surface area (Å²) < 4.78 is 4.50. The number of carbonyl (C=O) groups excluding carboxylic acids is 2. The summed E-state index contributed by atoms with van der Waals surface area (Å²) in [6.45, 7) is 7.01. The lowest BCUT2D eigenvalue weighted by molar-refractivity contribution is -0.385. The third kappa shape index (κ3) is 2.29. The zero-order valence-corrected chi connectivity index (χ0v) is 12.3. The van der Waals surface area contributed by atoms with Gasteiger partial charge in [0.25, 0.3) is 11.6 Å². The summed E-state index contributed by atoms with van der Waals surface area (Å²) >= 11 is 0. The molecule has 1 amide bonds. The molecule has 120 valence electrons. The van der Waals surface area contributed by atoms with Gasteiger partial charge in [-0.15, -0.1) is 6.58 Å². The van der Waals surface area contributed by atoms with Crippen LogP contribution in [0.15, 0.2) is 43.0 Å². The topological polar surface area (TPSA) is 110 Å². The summed E-state index contributed by atoms with van der Waals surface area (Å²) in [7, 11) is 1.08. The Bertz CT molecular complexity index is 741. The molecule has 8 heteroatoms. The zero-order valence-electron chi connectivity index (χ0n) is 12.3. The van der Waals surface area contributed by atoms with Crippen LogP contribution < -0.4 is 4.90 Å². The highest BCUT2D eigenvalue weighted by Gasteiger charge is 2.54. The van der Waals surface area contributed by atoms with E-state index in [2.05, 4.69) is 17.9 Å². The van der Waals surface area contributed by atoms with Gasteiger partial charge < -0.3 is 14.7 Å². The number of nitro groups is 1. The molecule has 0 aromatic heterocycles. The van der Waals surface area contributed by atoms with Crippen molar-refractivity contribution in [2.75, 3.05) is 18.6 Å². The fraction of sp³-hybridized carbons (Fsp3) is 0.200. The van der Waals surface area contributed by atoms with Crippen LogP contribution in [-0.4, -0.2) is 35.6 Å². The summed E-state index contributed by atoms with van der Waals surface area (Å²) in [6, 6.07) is 3.58. The monoisotopic (exact) mass is 318 g/mol. The van der Waals surface area contributed by atoms with Crippen LogP contribution in [0.4, 0.5) is 11.4 Å². The Balaban J connectivity index is 2.70. The van der Waals surface area contributed by atoms with Crippen LogP contribution in [0.1, 0.15) is 5.56 Å². The van der Waals surface area contributed by atoms with Gasteiger partial charge in [0.05, 0.1) is 23.3 Å². The van der Waals surface area contributed by atoms with Crippen LogP contribution in [0.25, 0.3) is 0 Å². The van der Waals surface area contributed by atoms with Gasteiger partial charge in [-0.2, -0.15) is 0 Å². The van der Waals surface area contributed by atoms with Gasteiger partial charge in [0.2, 0.25) is 5.60 Å². The number of hydrogen-bond acceptors (Lipinski definition) is 6. The van der Waals surface area contributed by atoms with Crippen LogP contribution in [-0.2, 0) is 19.9 Å². The second-order valence-corrected chi connectivity index (χ2v) is 4.84. The zero-order chi connectivity index (χ0) is 17.4. The Morgan fingerprint density at radius 3 is 2.74 bits per heavy atom. The number of ether oxygens (including phenoxy) is 1. The van der Waals surface area contributed by atoms with Gasteiger partial charge in [0.15, 0.2) is 0 Å². The summed E-state index contributed by atoms with van der Waals surface area (Å²) in [5, 5.41) is 21.8. The first-order valence-corrected chi connectivity index (χ1v) is 6.50. The maximum atomic E-state index is 12.6. The summed E-state index contributed by atoms with van der Waals surface area (Å²) in [5.74, 6) is -1.83. The first-order chi connectivity index (χ1) is 10.8. The predicted octanol–water partition coefficient (Wildman–Crippen LogP) is 1.04.